The molecule has 1 heteroatoms. The zero-order chi connectivity index (χ0) is 8.97. The van der Waals surface area contributed by atoms with Gasteiger partial charge in [0.1, 0.15) is 0 Å². The van der Waals surface area contributed by atoms with E-state index in [2.05, 4.69) is 5.92 Å². The Morgan fingerprint density at radius 1 is 1.50 bits per heavy atom. The molecule has 0 saturated heterocycles. The fourth-order valence-electron chi connectivity index (χ4n) is 1.19. The molecule has 0 radical (unpaired) electrons. The highest BCUT2D eigenvalue weighted by molar-refractivity contribution is 5.39. The standard InChI is InChI=1S/C11H13N/c1-3-10-6-4-5-7-11(10)8-9(2)12/h1,4-7,9H,8,12H2,2H3/t9-/m0/s1. The van der Waals surface area contributed by atoms with Crippen molar-refractivity contribution < 1.29 is 0 Å². The SMILES string of the molecule is C#Cc1ccccc1C[C@H](C)N. The second kappa shape index (κ2) is 3.94. The fourth-order valence-corrected chi connectivity index (χ4v) is 1.19. The van der Waals surface area contributed by atoms with Gasteiger partial charge in [-0.3, -0.25) is 0 Å². The highest BCUT2D eigenvalue weighted by atomic mass is 14.6. The van der Waals surface area contributed by atoms with Gasteiger partial charge in [0.2, 0.25) is 0 Å². The molecule has 0 saturated carbocycles. The maximum atomic E-state index is 5.68. The third-order valence-corrected chi connectivity index (χ3v) is 1.71. The Morgan fingerprint density at radius 2 is 2.17 bits per heavy atom. The van der Waals surface area contributed by atoms with E-state index < -0.39 is 0 Å². The monoisotopic (exact) mass is 159 g/mol. The lowest BCUT2D eigenvalue weighted by atomic mass is 10.0. The second-order valence-corrected chi connectivity index (χ2v) is 2.98. The van der Waals surface area contributed by atoms with E-state index in [0.29, 0.717) is 0 Å². The zero-order valence-corrected chi connectivity index (χ0v) is 7.25. The highest BCUT2D eigenvalue weighted by Crippen LogP contribution is 2.08. The number of benzene rings is 1. The summed E-state index contributed by atoms with van der Waals surface area (Å²) in [6, 6.07) is 8.06. The second-order valence-electron chi connectivity index (χ2n) is 2.98. The van der Waals surface area contributed by atoms with E-state index in [1.165, 1.54) is 0 Å². The number of hydrogen-bond donors (Lipinski definition) is 1. The molecule has 0 spiro atoms. The maximum absolute atomic E-state index is 5.68. The minimum absolute atomic E-state index is 0.166. The normalized spacial score (nSPS) is 12.1. The zero-order valence-electron chi connectivity index (χ0n) is 7.25. The van der Waals surface area contributed by atoms with E-state index in [1.807, 2.05) is 31.2 Å². The minimum atomic E-state index is 0.166. The van der Waals surface area contributed by atoms with E-state index in [-0.39, 0.29) is 6.04 Å². The molecule has 1 nitrogen and oxygen atoms in total. The molecule has 0 bridgehead atoms. The minimum Gasteiger partial charge on any atom is -0.328 e. The summed E-state index contributed by atoms with van der Waals surface area (Å²) >= 11 is 0. The molecule has 1 aromatic carbocycles. The van der Waals surface area contributed by atoms with Gasteiger partial charge in [-0.15, -0.1) is 6.42 Å². The van der Waals surface area contributed by atoms with E-state index in [0.717, 1.165) is 17.5 Å². The van der Waals surface area contributed by atoms with Gasteiger partial charge in [-0.1, -0.05) is 24.1 Å². The first-order chi connectivity index (χ1) is 5.74. The Morgan fingerprint density at radius 3 is 2.75 bits per heavy atom. The molecule has 0 aliphatic rings. The average Bonchev–Trinajstić information content (AvgIpc) is 2.04. The van der Waals surface area contributed by atoms with Crippen LogP contribution in [0.15, 0.2) is 24.3 Å². The Balaban J connectivity index is 2.91. The molecule has 1 rings (SSSR count). The predicted octanol–water partition coefficient (Wildman–Crippen LogP) is 1.56. The van der Waals surface area contributed by atoms with Crippen LogP contribution in [0, 0.1) is 12.3 Å². The van der Waals surface area contributed by atoms with Gasteiger partial charge in [0.15, 0.2) is 0 Å². The molecule has 0 unspecified atom stereocenters. The summed E-state index contributed by atoms with van der Waals surface area (Å²) < 4.78 is 0. The van der Waals surface area contributed by atoms with Crippen molar-refractivity contribution in [1.29, 1.82) is 0 Å². The van der Waals surface area contributed by atoms with Crippen LogP contribution in [0.25, 0.3) is 0 Å². The summed E-state index contributed by atoms with van der Waals surface area (Å²) in [4.78, 5) is 0. The maximum Gasteiger partial charge on any atom is 0.0275 e. The van der Waals surface area contributed by atoms with Crippen LogP contribution < -0.4 is 5.73 Å². The van der Waals surface area contributed by atoms with Crippen LogP contribution in [0.4, 0.5) is 0 Å². The Hall–Kier alpha value is -1.26. The van der Waals surface area contributed by atoms with E-state index >= 15 is 0 Å². The Kier molecular flexibility index (Phi) is 2.90. The van der Waals surface area contributed by atoms with Crippen LogP contribution in [0.1, 0.15) is 18.1 Å². The summed E-state index contributed by atoms with van der Waals surface area (Å²) in [7, 11) is 0. The Labute approximate surface area is 73.6 Å². The smallest absolute Gasteiger partial charge is 0.0275 e. The molecule has 0 fully saturated rings. The van der Waals surface area contributed by atoms with Crippen molar-refractivity contribution in [3.63, 3.8) is 0 Å². The van der Waals surface area contributed by atoms with Gasteiger partial charge in [0.25, 0.3) is 0 Å². The van der Waals surface area contributed by atoms with Gasteiger partial charge in [-0.2, -0.15) is 0 Å². The summed E-state index contributed by atoms with van der Waals surface area (Å²) in [6.45, 7) is 1.98. The van der Waals surface area contributed by atoms with Crippen LogP contribution in [0.5, 0.6) is 0 Å². The molecule has 0 aliphatic heterocycles. The third-order valence-electron chi connectivity index (χ3n) is 1.71. The van der Waals surface area contributed by atoms with Crippen molar-refractivity contribution in [2.45, 2.75) is 19.4 Å². The number of terminal acetylenes is 1. The van der Waals surface area contributed by atoms with Crippen molar-refractivity contribution in [3.05, 3.63) is 35.4 Å². The molecule has 0 aliphatic carbocycles. The third kappa shape index (κ3) is 2.11. The quantitative estimate of drug-likeness (QED) is 0.651. The van der Waals surface area contributed by atoms with Crippen LogP contribution >= 0.6 is 0 Å². The lowest BCUT2D eigenvalue weighted by molar-refractivity contribution is 0.737. The van der Waals surface area contributed by atoms with E-state index in [4.69, 9.17) is 12.2 Å². The molecular formula is C11H13N. The summed E-state index contributed by atoms with van der Waals surface area (Å²) in [5, 5.41) is 0. The molecule has 1 atom stereocenters. The average molecular weight is 159 g/mol. The molecular weight excluding hydrogens is 146 g/mol. The molecule has 62 valence electrons. The van der Waals surface area contributed by atoms with E-state index in [9.17, 15) is 0 Å². The molecule has 12 heavy (non-hydrogen) atoms. The first-order valence-electron chi connectivity index (χ1n) is 4.04. The number of nitrogens with two attached hydrogens (primary N) is 1. The summed E-state index contributed by atoms with van der Waals surface area (Å²) in [5.74, 6) is 2.65. The van der Waals surface area contributed by atoms with Crippen molar-refractivity contribution in [2.75, 3.05) is 0 Å². The predicted molar refractivity (Wildman–Crippen MR) is 51.7 cm³/mol. The van der Waals surface area contributed by atoms with Gasteiger partial charge >= 0.3 is 0 Å². The number of rotatable bonds is 2. The van der Waals surface area contributed by atoms with Crippen LogP contribution in [0.3, 0.4) is 0 Å². The molecule has 2 N–H and O–H groups in total. The molecule has 0 amide bonds. The number of hydrogen-bond acceptors (Lipinski definition) is 1. The first kappa shape index (κ1) is 8.83. The summed E-state index contributed by atoms with van der Waals surface area (Å²) in [5.41, 5.74) is 7.79. The Bertz CT molecular complexity index is 294. The van der Waals surface area contributed by atoms with Gasteiger partial charge in [0, 0.05) is 11.6 Å². The van der Waals surface area contributed by atoms with E-state index in [1.54, 1.807) is 0 Å². The van der Waals surface area contributed by atoms with Crippen molar-refractivity contribution in [1.82, 2.24) is 0 Å². The first-order valence-corrected chi connectivity index (χ1v) is 4.04. The van der Waals surface area contributed by atoms with Crippen LogP contribution in [0.2, 0.25) is 0 Å². The van der Waals surface area contributed by atoms with Gasteiger partial charge < -0.3 is 5.73 Å². The lowest BCUT2D eigenvalue weighted by Crippen LogP contribution is -2.18. The summed E-state index contributed by atoms with van der Waals surface area (Å²) in [6.07, 6.45) is 6.18. The van der Waals surface area contributed by atoms with Gasteiger partial charge in [-0.05, 0) is 25.0 Å². The molecule has 1 aromatic rings. The topological polar surface area (TPSA) is 26.0 Å². The van der Waals surface area contributed by atoms with Crippen LogP contribution in [-0.2, 0) is 6.42 Å². The van der Waals surface area contributed by atoms with Crippen molar-refractivity contribution in [2.24, 2.45) is 5.73 Å². The van der Waals surface area contributed by atoms with Gasteiger partial charge in [-0.25, -0.2) is 0 Å². The largest absolute Gasteiger partial charge is 0.328 e. The molecule has 0 aromatic heterocycles. The van der Waals surface area contributed by atoms with Gasteiger partial charge in [0.05, 0.1) is 0 Å². The van der Waals surface area contributed by atoms with Crippen molar-refractivity contribution >= 4 is 0 Å². The fraction of sp³-hybridized carbons (Fsp3) is 0.273. The highest BCUT2D eigenvalue weighted by Gasteiger charge is 2.00. The molecule has 0 heterocycles. The van der Waals surface area contributed by atoms with Crippen LogP contribution in [-0.4, -0.2) is 6.04 Å². The van der Waals surface area contributed by atoms with Crippen molar-refractivity contribution in [3.8, 4) is 12.3 Å². The lowest BCUT2D eigenvalue weighted by Gasteiger charge is -2.06.